The maximum atomic E-state index is 12.4. The number of ether oxygens (including phenoxy) is 2. The monoisotopic (exact) mass is 484 g/mol. The fraction of sp³-hybridized carbons (Fsp3) is 0.250. The van der Waals surface area contributed by atoms with Crippen LogP contribution in [0.1, 0.15) is 31.1 Å². The summed E-state index contributed by atoms with van der Waals surface area (Å²) in [6.07, 6.45) is -0.792. The van der Waals surface area contributed by atoms with Crippen molar-refractivity contribution < 1.29 is 19.1 Å². The summed E-state index contributed by atoms with van der Waals surface area (Å²) < 4.78 is 12.1. The van der Waals surface area contributed by atoms with Gasteiger partial charge in [-0.05, 0) is 69.9 Å². The molecule has 0 heterocycles. The molecule has 0 aliphatic rings. The van der Waals surface area contributed by atoms with Gasteiger partial charge in [0.2, 0.25) is 0 Å². The highest BCUT2D eigenvalue weighted by atomic mass is 79.9. The highest BCUT2D eigenvalue weighted by Crippen LogP contribution is 2.26. The lowest BCUT2D eigenvalue weighted by molar-refractivity contribution is -0.128. The normalized spacial score (nSPS) is 11.8. The fourth-order valence-corrected chi connectivity index (χ4v) is 3.30. The van der Waals surface area contributed by atoms with Gasteiger partial charge in [-0.15, -0.1) is 0 Å². The average Bonchev–Trinajstić information content (AvgIpc) is 2.76. The lowest BCUT2D eigenvalue weighted by Crippen LogP contribution is -2.47. The Morgan fingerprint density at radius 3 is 2.39 bits per heavy atom. The SMILES string of the molecule is CC(C)COc1ccc(C(=O)NNC(=O)C(C)Oc2ccc3ccccc3c2)cc1Br. The number of carbonyl (C=O) groups excluding carboxylic acids is 2. The molecule has 31 heavy (non-hydrogen) atoms. The van der Waals surface area contributed by atoms with Crippen molar-refractivity contribution in [3.63, 3.8) is 0 Å². The highest BCUT2D eigenvalue weighted by Gasteiger charge is 2.17. The van der Waals surface area contributed by atoms with Crippen LogP contribution >= 0.6 is 15.9 Å². The van der Waals surface area contributed by atoms with Gasteiger partial charge in [0.15, 0.2) is 6.10 Å². The first-order chi connectivity index (χ1) is 14.8. The number of hydrogen-bond donors (Lipinski definition) is 2. The van der Waals surface area contributed by atoms with Crippen molar-refractivity contribution in [2.75, 3.05) is 6.61 Å². The van der Waals surface area contributed by atoms with Gasteiger partial charge in [-0.25, -0.2) is 0 Å². The second-order valence-electron chi connectivity index (χ2n) is 7.56. The summed E-state index contributed by atoms with van der Waals surface area (Å²) in [6.45, 7) is 6.32. The molecule has 0 radical (unpaired) electrons. The summed E-state index contributed by atoms with van der Waals surface area (Å²) in [5.41, 5.74) is 5.20. The zero-order valence-corrected chi connectivity index (χ0v) is 19.2. The molecule has 3 aromatic carbocycles. The van der Waals surface area contributed by atoms with E-state index < -0.39 is 17.9 Å². The van der Waals surface area contributed by atoms with Crippen molar-refractivity contribution in [3.8, 4) is 11.5 Å². The molecule has 2 N–H and O–H groups in total. The third-order valence-corrected chi connectivity index (χ3v) is 5.09. The fourth-order valence-electron chi connectivity index (χ4n) is 2.81. The molecule has 2 amide bonds. The molecule has 3 rings (SSSR count). The summed E-state index contributed by atoms with van der Waals surface area (Å²) in [5, 5.41) is 2.11. The van der Waals surface area contributed by atoms with Crippen LogP contribution in [0, 0.1) is 5.92 Å². The van der Waals surface area contributed by atoms with Gasteiger partial charge in [0, 0.05) is 5.56 Å². The number of hydrazine groups is 1. The molecular formula is C24H25BrN2O4. The molecule has 0 aliphatic heterocycles. The van der Waals surface area contributed by atoms with Crippen molar-refractivity contribution in [1.29, 1.82) is 0 Å². The molecule has 0 saturated carbocycles. The van der Waals surface area contributed by atoms with Crippen LogP contribution in [0.15, 0.2) is 65.1 Å². The minimum Gasteiger partial charge on any atom is -0.492 e. The van der Waals surface area contributed by atoms with E-state index in [9.17, 15) is 9.59 Å². The van der Waals surface area contributed by atoms with Crippen LogP contribution in [0.3, 0.4) is 0 Å². The number of hydrogen-bond acceptors (Lipinski definition) is 4. The average molecular weight is 485 g/mol. The van der Waals surface area contributed by atoms with E-state index in [-0.39, 0.29) is 0 Å². The smallest absolute Gasteiger partial charge is 0.279 e. The van der Waals surface area contributed by atoms with Crippen LogP contribution in [-0.2, 0) is 4.79 Å². The van der Waals surface area contributed by atoms with E-state index in [1.54, 1.807) is 25.1 Å². The number of fused-ring (bicyclic) bond motifs is 1. The van der Waals surface area contributed by atoms with E-state index in [1.165, 1.54) is 0 Å². The Balaban J connectivity index is 1.54. The maximum Gasteiger partial charge on any atom is 0.279 e. The maximum absolute atomic E-state index is 12.4. The van der Waals surface area contributed by atoms with Gasteiger partial charge < -0.3 is 9.47 Å². The zero-order chi connectivity index (χ0) is 22.4. The largest absolute Gasteiger partial charge is 0.492 e. The van der Waals surface area contributed by atoms with Gasteiger partial charge in [0.05, 0.1) is 11.1 Å². The summed E-state index contributed by atoms with van der Waals surface area (Å²) in [5.74, 6) is 0.726. The van der Waals surface area contributed by atoms with E-state index in [0.29, 0.717) is 34.1 Å². The number of nitrogens with one attached hydrogen (secondary N) is 2. The minimum atomic E-state index is -0.792. The Morgan fingerprint density at radius 2 is 1.68 bits per heavy atom. The van der Waals surface area contributed by atoms with Crippen LogP contribution in [0.4, 0.5) is 0 Å². The van der Waals surface area contributed by atoms with E-state index in [2.05, 4.69) is 40.6 Å². The quantitative estimate of drug-likeness (QED) is 0.469. The molecule has 0 bridgehead atoms. The van der Waals surface area contributed by atoms with Crippen LogP contribution < -0.4 is 20.3 Å². The molecule has 6 nitrogen and oxygen atoms in total. The molecule has 0 spiro atoms. The first-order valence-electron chi connectivity index (χ1n) is 10.0. The standard InChI is InChI=1S/C24H25BrN2O4/c1-15(2)14-30-22-11-9-19(13-21(22)25)24(29)27-26-23(28)16(3)31-20-10-8-17-6-4-5-7-18(17)12-20/h4-13,15-16H,14H2,1-3H3,(H,26,28)(H,27,29). The van der Waals surface area contributed by atoms with Crippen LogP contribution in [0.25, 0.3) is 10.8 Å². The molecule has 7 heteroatoms. The summed E-state index contributed by atoms with van der Waals surface area (Å²) in [7, 11) is 0. The molecule has 0 fully saturated rings. The molecule has 0 saturated heterocycles. The van der Waals surface area contributed by atoms with E-state index >= 15 is 0 Å². The second kappa shape index (κ2) is 10.3. The van der Waals surface area contributed by atoms with Gasteiger partial charge in [-0.1, -0.05) is 44.2 Å². The Hall–Kier alpha value is -3.06. The first kappa shape index (κ1) is 22.6. The lowest BCUT2D eigenvalue weighted by Gasteiger charge is -2.16. The van der Waals surface area contributed by atoms with Gasteiger partial charge in [-0.2, -0.15) is 0 Å². The van der Waals surface area contributed by atoms with Crippen LogP contribution in [-0.4, -0.2) is 24.5 Å². The number of rotatable bonds is 7. The number of benzene rings is 3. The van der Waals surface area contributed by atoms with Crippen molar-refractivity contribution in [2.45, 2.75) is 26.9 Å². The van der Waals surface area contributed by atoms with E-state index in [4.69, 9.17) is 9.47 Å². The van der Waals surface area contributed by atoms with Crippen molar-refractivity contribution in [2.24, 2.45) is 5.92 Å². The Labute approximate surface area is 190 Å². The molecule has 0 aliphatic carbocycles. The molecule has 1 unspecified atom stereocenters. The van der Waals surface area contributed by atoms with E-state index in [1.807, 2.05) is 42.5 Å². The van der Waals surface area contributed by atoms with Crippen LogP contribution in [0.2, 0.25) is 0 Å². The Morgan fingerprint density at radius 1 is 0.935 bits per heavy atom. The summed E-state index contributed by atoms with van der Waals surface area (Å²) in [4.78, 5) is 24.7. The highest BCUT2D eigenvalue weighted by molar-refractivity contribution is 9.10. The van der Waals surface area contributed by atoms with Crippen molar-refractivity contribution >= 4 is 38.5 Å². The molecule has 162 valence electrons. The van der Waals surface area contributed by atoms with Gasteiger partial charge in [0.25, 0.3) is 11.8 Å². The molecule has 0 aromatic heterocycles. The van der Waals surface area contributed by atoms with Gasteiger partial charge in [-0.3, -0.25) is 20.4 Å². The van der Waals surface area contributed by atoms with Gasteiger partial charge in [0.1, 0.15) is 11.5 Å². The predicted molar refractivity (Wildman–Crippen MR) is 124 cm³/mol. The van der Waals surface area contributed by atoms with E-state index in [0.717, 1.165) is 10.8 Å². The van der Waals surface area contributed by atoms with Gasteiger partial charge >= 0.3 is 0 Å². The Bertz CT molecular complexity index is 1080. The first-order valence-corrected chi connectivity index (χ1v) is 10.8. The number of amides is 2. The third kappa shape index (κ3) is 6.21. The summed E-state index contributed by atoms with van der Waals surface area (Å²) >= 11 is 3.41. The second-order valence-corrected chi connectivity index (χ2v) is 8.42. The zero-order valence-electron chi connectivity index (χ0n) is 17.6. The third-order valence-electron chi connectivity index (χ3n) is 4.47. The Kier molecular flexibility index (Phi) is 7.52. The minimum absolute atomic E-state index is 0.382. The molecular weight excluding hydrogens is 460 g/mol. The predicted octanol–water partition coefficient (Wildman–Crippen LogP) is 4.87. The van der Waals surface area contributed by atoms with Crippen LogP contribution in [0.5, 0.6) is 11.5 Å². The van der Waals surface area contributed by atoms with Crippen molar-refractivity contribution in [3.05, 3.63) is 70.7 Å². The lowest BCUT2D eigenvalue weighted by atomic mass is 10.1. The summed E-state index contributed by atoms with van der Waals surface area (Å²) in [6, 6.07) is 18.5. The number of halogens is 1. The molecule has 1 atom stereocenters. The topological polar surface area (TPSA) is 76.7 Å². The molecule has 3 aromatic rings. The number of carbonyl (C=O) groups is 2. The van der Waals surface area contributed by atoms with Crippen molar-refractivity contribution in [1.82, 2.24) is 10.9 Å².